The Morgan fingerprint density at radius 1 is 0.967 bits per heavy atom. The highest BCUT2D eigenvalue weighted by atomic mass is 16.5. The Kier molecular flexibility index (Phi) is 4.70. The van der Waals surface area contributed by atoms with Crippen LogP contribution >= 0.6 is 0 Å². The Morgan fingerprint density at radius 2 is 1.80 bits per heavy atom. The van der Waals surface area contributed by atoms with E-state index in [1.54, 1.807) is 7.11 Å². The highest BCUT2D eigenvalue weighted by Crippen LogP contribution is 2.45. The van der Waals surface area contributed by atoms with Crippen LogP contribution in [0, 0.1) is 11.8 Å². The van der Waals surface area contributed by atoms with Crippen LogP contribution in [0.4, 0.5) is 6.01 Å². The maximum absolute atomic E-state index is 6.12. The van der Waals surface area contributed by atoms with Crippen molar-refractivity contribution in [2.24, 2.45) is 11.8 Å². The summed E-state index contributed by atoms with van der Waals surface area (Å²) in [4.78, 5) is 5.22. The highest BCUT2D eigenvalue weighted by molar-refractivity contribution is 5.31. The van der Waals surface area contributed by atoms with Gasteiger partial charge in [0.2, 0.25) is 5.89 Å². The zero-order valence-corrected chi connectivity index (χ0v) is 17.9. The van der Waals surface area contributed by atoms with Gasteiger partial charge >= 0.3 is 6.01 Å². The van der Waals surface area contributed by atoms with Crippen LogP contribution in [0.25, 0.3) is 0 Å². The lowest BCUT2D eigenvalue weighted by Crippen LogP contribution is -2.59. The molecule has 0 N–H and O–H groups in total. The number of hydrogen-bond acceptors (Lipinski definition) is 6. The summed E-state index contributed by atoms with van der Waals surface area (Å²) in [5.41, 5.74) is 1.44. The molecule has 160 valence electrons. The highest BCUT2D eigenvalue weighted by Gasteiger charge is 2.45. The van der Waals surface area contributed by atoms with Gasteiger partial charge < -0.3 is 14.1 Å². The molecule has 2 bridgehead atoms. The van der Waals surface area contributed by atoms with Gasteiger partial charge in [-0.2, -0.15) is 0 Å². The van der Waals surface area contributed by atoms with Crippen molar-refractivity contribution in [3.63, 3.8) is 0 Å². The van der Waals surface area contributed by atoms with Gasteiger partial charge in [-0.1, -0.05) is 23.7 Å². The molecule has 1 aromatic carbocycles. The summed E-state index contributed by atoms with van der Waals surface area (Å²) in [7, 11) is 1.74. The summed E-state index contributed by atoms with van der Waals surface area (Å²) in [6.45, 7) is 3.28. The number of benzene rings is 1. The third-order valence-electron chi connectivity index (χ3n) is 8.04. The second-order valence-electron chi connectivity index (χ2n) is 9.80. The van der Waals surface area contributed by atoms with Crippen LogP contribution in [0.1, 0.15) is 68.4 Å². The van der Waals surface area contributed by atoms with E-state index >= 15 is 0 Å². The fraction of sp³-hybridized carbons (Fsp3) is 0.667. The molecular formula is C24H32N4O2. The molecule has 3 saturated heterocycles. The Morgan fingerprint density at radius 3 is 2.57 bits per heavy atom. The monoisotopic (exact) mass is 408 g/mol. The summed E-state index contributed by atoms with van der Waals surface area (Å²) in [5.74, 6) is 3.69. The molecule has 1 aliphatic carbocycles. The van der Waals surface area contributed by atoms with Gasteiger partial charge in [-0.05, 0) is 68.1 Å². The number of hydrogen-bond donors (Lipinski definition) is 0. The van der Waals surface area contributed by atoms with E-state index in [1.165, 1.54) is 57.1 Å². The second-order valence-corrected chi connectivity index (χ2v) is 9.80. The standard InChI is InChI=1S/C24H32N4O2/c1-29-20-10-8-17(9-11-20)21-6-3-7-22-19-12-16(14-28(21)22)13-27(15-19)24-26-25-23(30-24)18-4-2-5-18/h8-11,16,18-19,21-22H,2-7,12-15H2,1H3/t16-,19+,21+,22-/m0/s1. The van der Waals surface area contributed by atoms with Crippen molar-refractivity contribution in [2.45, 2.75) is 62.9 Å². The number of ether oxygens (including phenoxy) is 1. The van der Waals surface area contributed by atoms with Crippen LogP contribution in [-0.2, 0) is 0 Å². The maximum atomic E-state index is 6.12. The zero-order valence-electron chi connectivity index (χ0n) is 17.9. The average molecular weight is 409 g/mol. The molecule has 0 radical (unpaired) electrons. The number of anilines is 1. The molecule has 4 heterocycles. The summed E-state index contributed by atoms with van der Waals surface area (Å²) < 4.78 is 11.5. The van der Waals surface area contributed by atoms with E-state index in [9.17, 15) is 0 Å². The van der Waals surface area contributed by atoms with E-state index in [-0.39, 0.29) is 0 Å². The van der Waals surface area contributed by atoms with Gasteiger partial charge in [0.25, 0.3) is 0 Å². The Labute approximate surface area is 178 Å². The van der Waals surface area contributed by atoms with Gasteiger partial charge in [0, 0.05) is 37.6 Å². The fourth-order valence-electron chi connectivity index (χ4n) is 6.32. The molecule has 1 aromatic heterocycles. The van der Waals surface area contributed by atoms with Gasteiger partial charge in [0.1, 0.15) is 5.75 Å². The molecule has 0 spiro atoms. The van der Waals surface area contributed by atoms with E-state index in [0.29, 0.717) is 29.8 Å². The van der Waals surface area contributed by atoms with Crippen molar-refractivity contribution < 1.29 is 9.15 Å². The smallest absolute Gasteiger partial charge is 0.318 e. The predicted octanol–water partition coefficient (Wildman–Crippen LogP) is 4.40. The quantitative estimate of drug-likeness (QED) is 0.748. The van der Waals surface area contributed by atoms with E-state index in [0.717, 1.165) is 30.7 Å². The predicted molar refractivity (Wildman–Crippen MR) is 115 cm³/mol. The molecule has 30 heavy (non-hydrogen) atoms. The van der Waals surface area contributed by atoms with Crippen molar-refractivity contribution >= 4 is 6.01 Å². The topological polar surface area (TPSA) is 54.6 Å². The number of fused-ring (bicyclic) bond motifs is 4. The van der Waals surface area contributed by atoms with Crippen molar-refractivity contribution in [3.8, 4) is 5.75 Å². The summed E-state index contributed by atoms with van der Waals surface area (Å²) >= 11 is 0. The number of rotatable bonds is 4. The van der Waals surface area contributed by atoms with Gasteiger partial charge in [0.15, 0.2) is 0 Å². The van der Waals surface area contributed by atoms with Crippen LogP contribution in [0.5, 0.6) is 5.75 Å². The maximum Gasteiger partial charge on any atom is 0.318 e. The number of methoxy groups -OCH3 is 1. The molecule has 2 aromatic rings. The minimum Gasteiger partial charge on any atom is -0.497 e. The van der Waals surface area contributed by atoms with Gasteiger partial charge in [0.05, 0.1) is 7.11 Å². The Bertz CT molecular complexity index is 878. The van der Waals surface area contributed by atoms with Crippen LogP contribution in [-0.4, -0.2) is 47.9 Å². The first-order valence-electron chi connectivity index (χ1n) is 11.8. The van der Waals surface area contributed by atoms with E-state index in [1.807, 2.05) is 0 Å². The number of aromatic nitrogens is 2. The van der Waals surface area contributed by atoms with Crippen LogP contribution in [0.15, 0.2) is 28.7 Å². The minimum atomic E-state index is 0.509. The zero-order chi connectivity index (χ0) is 20.1. The van der Waals surface area contributed by atoms with Crippen LogP contribution in [0.2, 0.25) is 0 Å². The first-order chi connectivity index (χ1) is 14.8. The van der Waals surface area contributed by atoms with Gasteiger partial charge in [-0.15, -0.1) is 5.10 Å². The normalized spacial score (nSPS) is 31.8. The molecule has 0 amide bonds. The molecule has 6 heteroatoms. The van der Waals surface area contributed by atoms with Crippen molar-refractivity contribution in [2.75, 3.05) is 31.6 Å². The molecule has 0 unspecified atom stereocenters. The molecule has 6 rings (SSSR count). The van der Waals surface area contributed by atoms with Gasteiger partial charge in [-0.25, -0.2) is 0 Å². The summed E-state index contributed by atoms with van der Waals surface area (Å²) in [6, 6.07) is 10.7. The first kappa shape index (κ1) is 18.7. The molecule has 4 atom stereocenters. The summed E-state index contributed by atoms with van der Waals surface area (Å²) in [6.07, 6.45) is 8.94. The molecule has 1 saturated carbocycles. The number of nitrogens with zero attached hydrogens (tertiary/aromatic N) is 4. The lowest BCUT2D eigenvalue weighted by atomic mass is 9.74. The van der Waals surface area contributed by atoms with E-state index in [2.05, 4.69) is 44.3 Å². The summed E-state index contributed by atoms with van der Waals surface area (Å²) in [5, 5.41) is 8.81. The van der Waals surface area contributed by atoms with E-state index < -0.39 is 0 Å². The minimum absolute atomic E-state index is 0.509. The third kappa shape index (κ3) is 3.20. The largest absolute Gasteiger partial charge is 0.497 e. The molecule has 3 aliphatic heterocycles. The van der Waals surface area contributed by atoms with Crippen molar-refractivity contribution in [1.29, 1.82) is 0 Å². The second kappa shape index (κ2) is 7.56. The Balaban J connectivity index is 1.20. The fourth-order valence-corrected chi connectivity index (χ4v) is 6.32. The van der Waals surface area contributed by atoms with Crippen molar-refractivity contribution in [1.82, 2.24) is 15.1 Å². The third-order valence-corrected chi connectivity index (χ3v) is 8.04. The van der Waals surface area contributed by atoms with Gasteiger partial charge in [-0.3, -0.25) is 4.90 Å². The lowest BCUT2D eigenvalue weighted by Gasteiger charge is -2.55. The number of piperidine rings is 3. The Hall–Kier alpha value is -2.08. The first-order valence-corrected chi connectivity index (χ1v) is 11.8. The molecular weight excluding hydrogens is 376 g/mol. The van der Waals surface area contributed by atoms with E-state index in [4.69, 9.17) is 9.15 Å². The van der Waals surface area contributed by atoms with Crippen LogP contribution in [0.3, 0.4) is 0 Å². The molecule has 6 nitrogen and oxygen atoms in total. The average Bonchev–Trinajstić information content (AvgIpc) is 3.21. The lowest BCUT2D eigenvalue weighted by molar-refractivity contribution is -0.0207. The SMILES string of the molecule is COc1ccc([C@H]2CCC[C@H]3[C@@H]4C[C@@H](CN(c5nnc(C6CCC6)o5)C4)CN23)cc1. The molecule has 4 aliphatic rings. The van der Waals surface area contributed by atoms with Crippen molar-refractivity contribution in [3.05, 3.63) is 35.7 Å². The van der Waals surface area contributed by atoms with Crippen LogP contribution < -0.4 is 9.64 Å². The molecule has 4 fully saturated rings.